The number of benzene rings is 2. The van der Waals surface area contributed by atoms with E-state index < -0.39 is 15.8 Å². The maximum atomic E-state index is 12.9. The normalized spacial score (nSPS) is 11.6. The fourth-order valence-corrected chi connectivity index (χ4v) is 3.21. The van der Waals surface area contributed by atoms with E-state index in [0.717, 1.165) is 15.2 Å². The smallest absolute Gasteiger partial charge is 0.214 e. The number of hydrogen-bond donors (Lipinski definition) is 0. The molecule has 5 nitrogen and oxygen atoms in total. The predicted molar refractivity (Wildman–Crippen MR) is 84.6 cm³/mol. The van der Waals surface area contributed by atoms with Gasteiger partial charge in [-0.2, -0.15) is 0 Å². The van der Waals surface area contributed by atoms with Gasteiger partial charge in [0, 0.05) is 5.56 Å². The van der Waals surface area contributed by atoms with Crippen molar-refractivity contribution in [3.05, 3.63) is 71.8 Å². The Kier molecular flexibility index (Phi) is 3.96. The Bertz CT molecular complexity index is 917. The van der Waals surface area contributed by atoms with Crippen LogP contribution in [0.3, 0.4) is 0 Å². The van der Waals surface area contributed by atoms with E-state index in [0.29, 0.717) is 11.4 Å². The van der Waals surface area contributed by atoms with Crippen LogP contribution in [0.1, 0.15) is 11.1 Å². The summed E-state index contributed by atoms with van der Waals surface area (Å²) in [5.41, 5.74) is 2.32. The minimum atomic E-state index is -3.70. The first-order valence-electron chi connectivity index (χ1n) is 6.90. The second-order valence-corrected chi connectivity index (χ2v) is 7.02. The van der Waals surface area contributed by atoms with Crippen molar-refractivity contribution in [2.75, 3.05) is 0 Å². The Morgan fingerprint density at radius 1 is 1.04 bits per heavy atom. The Labute approximate surface area is 133 Å². The van der Waals surface area contributed by atoms with Crippen molar-refractivity contribution >= 4 is 10.0 Å². The van der Waals surface area contributed by atoms with Crippen LogP contribution in [0, 0.1) is 12.7 Å². The summed E-state index contributed by atoms with van der Waals surface area (Å²) in [5.74, 6) is -0.342. The molecular weight excluding hydrogens is 317 g/mol. The van der Waals surface area contributed by atoms with E-state index in [4.69, 9.17) is 0 Å². The van der Waals surface area contributed by atoms with Crippen molar-refractivity contribution in [2.24, 2.45) is 0 Å². The molecule has 3 rings (SSSR count). The Morgan fingerprint density at radius 3 is 2.35 bits per heavy atom. The van der Waals surface area contributed by atoms with Gasteiger partial charge in [0.25, 0.3) is 10.0 Å². The van der Waals surface area contributed by atoms with Gasteiger partial charge in [-0.1, -0.05) is 42.0 Å². The molecule has 0 unspecified atom stereocenters. The monoisotopic (exact) mass is 331 g/mol. The topological polar surface area (TPSA) is 64.8 Å². The third-order valence-electron chi connectivity index (χ3n) is 3.33. The Morgan fingerprint density at radius 2 is 1.70 bits per heavy atom. The second kappa shape index (κ2) is 5.92. The lowest BCUT2D eigenvalue weighted by Gasteiger charge is -2.03. The van der Waals surface area contributed by atoms with Crippen LogP contribution in [0.4, 0.5) is 4.39 Å². The summed E-state index contributed by atoms with van der Waals surface area (Å²) in [6.45, 7) is 1.96. The van der Waals surface area contributed by atoms with Crippen LogP contribution in [-0.4, -0.2) is 22.6 Å². The minimum Gasteiger partial charge on any atom is -0.214 e. The lowest BCUT2D eigenvalue weighted by atomic mass is 10.1. The molecule has 7 heteroatoms. The van der Waals surface area contributed by atoms with Gasteiger partial charge >= 0.3 is 0 Å². The molecule has 0 bridgehead atoms. The molecule has 0 atom stereocenters. The molecule has 2 aromatic carbocycles. The lowest BCUT2D eigenvalue weighted by molar-refractivity contribution is 0.579. The van der Waals surface area contributed by atoms with Crippen molar-refractivity contribution in [1.29, 1.82) is 0 Å². The number of aryl methyl sites for hydroxylation is 1. The molecule has 0 N–H and O–H groups in total. The van der Waals surface area contributed by atoms with Crippen LogP contribution in [-0.2, 0) is 15.8 Å². The summed E-state index contributed by atoms with van der Waals surface area (Å²) in [6, 6.07) is 12.8. The van der Waals surface area contributed by atoms with E-state index in [-0.39, 0.29) is 5.75 Å². The van der Waals surface area contributed by atoms with Crippen LogP contribution >= 0.6 is 0 Å². The first kappa shape index (κ1) is 15.4. The minimum absolute atomic E-state index is 0.274. The standard InChI is InChI=1S/C16H14FN3O2S/c1-12-2-6-14(7-3-12)16-18-11-20(19-16)23(21,22)10-13-4-8-15(17)9-5-13/h2-9,11H,10H2,1H3. The third kappa shape index (κ3) is 3.45. The third-order valence-corrected chi connectivity index (χ3v) is 4.77. The Hall–Kier alpha value is -2.54. The first-order chi connectivity index (χ1) is 10.9. The quantitative estimate of drug-likeness (QED) is 0.737. The number of rotatable bonds is 4. The van der Waals surface area contributed by atoms with Gasteiger partial charge in [-0.3, -0.25) is 0 Å². The molecule has 0 radical (unpaired) electrons. The average molecular weight is 331 g/mol. The Balaban J connectivity index is 1.86. The van der Waals surface area contributed by atoms with E-state index in [2.05, 4.69) is 10.1 Å². The van der Waals surface area contributed by atoms with E-state index in [1.54, 1.807) is 0 Å². The molecule has 3 aromatic rings. The van der Waals surface area contributed by atoms with E-state index in [1.165, 1.54) is 30.6 Å². The molecule has 0 aliphatic heterocycles. The summed E-state index contributed by atoms with van der Waals surface area (Å²) in [7, 11) is -3.70. The first-order valence-corrected chi connectivity index (χ1v) is 8.51. The zero-order valence-corrected chi connectivity index (χ0v) is 13.2. The molecule has 0 amide bonds. The summed E-state index contributed by atoms with van der Waals surface area (Å²) < 4.78 is 38.4. The van der Waals surface area contributed by atoms with Gasteiger partial charge in [0.1, 0.15) is 12.1 Å². The average Bonchev–Trinajstić information content (AvgIpc) is 3.01. The number of aromatic nitrogens is 3. The lowest BCUT2D eigenvalue weighted by Crippen LogP contribution is -2.15. The maximum absolute atomic E-state index is 12.9. The van der Waals surface area contributed by atoms with Crippen molar-refractivity contribution in [3.8, 4) is 11.4 Å². The maximum Gasteiger partial charge on any atom is 0.259 e. The van der Waals surface area contributed by atoms with Gasteiger partial charge in [0.15, 0.2) is 5.82 Å². The van der Waals surface area contributed by atoms with Crippen LogP contribution in [0.5, 0.6) is 0 Å². The van der Waals surface area contributed by atoms with Gasteiger partial charge in [-0.05, 0) is 24.6 Å². The van der Waals surface area contributed by atoms with Crippen molar-refractivity contribution in [3.63, 3.8) is 0 Å². The molecule has 1 aromatic heterocycles. The molecule has 0 aliphatic carbocycles. The largest absolute Gasteiger partial charge is 0.259 e. The molecule has 118 valence electrons. The number of hydrogen-bond acceptors (Lipinski definition) is 4. The molecule has 0 spiro atoms. The molecule has 0 aliphatic rings. The molecule has 0 saturated carbocycles. The van der Waals surface area contributed by atoms with Crippen molar-refractivity contribution < 1.29 is 12.8 Å². The van der Waals surface area contributed by atoms with Crippen LogP contribution in [0.15, 0.2) is 54.9 Å². The summed E-state index contributed by atoms with van der Waals surface area (Å²) >= 11 is 0. The van der Waals surface area contributed by atoms with E-state index in [9.17, 15) is 12.8 Å². The van der Waals surface area contributed by atoms with Crippen LogP contribution < -0.4 is 0 Å². The highest BCUT2D eigenvalue weighted by Gasteiger charge is 2.17. The van der Waals surface area contributed by atoms with E-state index in [1.807, 2.05) is 31.2 Å². The zero-order valence-electron chi connectivity index (χ0n) is 12.3. The molecular formula is C16H14FN3O2S. The molecule has 0 saturated heterocycles. The van der Waals surface area contributed by atoms with E-state index >= 15 is 0 Å². The SMILES string of the molecule is Cc1ccc(-c2ncn(S(=O)(=O)Cc3ccc(F)cc3)n2)cc1. The fraction of sp³-hybridized carbons (Fsp3) is 0.125. The van der Waals surface area contributed by atoms with Gasteiger partial charge in [0.05, 0.1) is 5.75 Å². The molecule has 1 heterocycles. The second-order valence-electron chi connectivity index (χ2n) is 5.19. The molecule has 23 heavy (non-hydrogen) atoms. The van der Waals surface area contributed by atoms with Crippen LogP contribution in [0.25, 0.3) is 11.4 Å². The zero-order chi connectivity index (χ0) is 16.4. The van der Waals surface area contributed by atoms with Crippen molar-refractivity contribution in [2.45, 2.75) is 12.7 Å². The van der Waals surface area contributed by atoms with Gasteiger partial charge in [0.2, 0.25) is 0 Å². The van der Waals surface area contributed by atoms with Crippen LogP contribution in [0.2, 0.25) is 0 Å². The summed E-state index contributed by atoms with van der Waals surface area (Å²) in [6.07, 6.45) is 1.17. The summed E-state index contributed by atoms with van der Waals surface area (Å²) in [4.78, 5) is 4.05. The van der Waals surface area contributed by atoms with Gasteiger partial charge < -0.3 is 0 Å². The van der Waals surface area contributed by atoms with Gasteiger partial charge in [-0.15, -0.1) is 9.19 Å². The fourth-order valence-electron chi connectivity index (χ4n) is 2.08. The molecule has 0 fully saturated rings. The predicted octanol–water partition coefficient (Wildman–Crippen LogP) is 2.77. The van der Waals surface area contributed by atoms with Gasteiger partial charge in [-0.25, -0.2) is 17.8 Å². The summed E-state index contributed by atoms with van der Waals surface area (Å²) in [5, 5.41) is 4.04. The number of halogens is 1. The highest BCUT2D eigenvalue weighted by atomic mass is 32.2. The highest BCUT2D eigenvalue weighted by Crippen LogP contribution is 2.16. The number of nitrogens with zero attached hydrogens (tertiary/aromatic N) is 3. The highest BCUT2D eigenvalue weighted by molar-refractivity contribution is 7.89. The van der Waals surface area contributed by atoms with Crippen molar-refractivity contribution in [1.82, 2.24) is 14.2 Å².